The molecule has 2 bridgehead atoms. The molecular formula is C46H59NO14. The van der Waals surface area contributed by atoms with Crippen LogP contribution < -0.4 is 5.32 Å². The Balaban J connectivity index is 1.52. The molecule has 1 aromatic carbocycles. The number of furan rings is 1. The number of hydrogen-bond acceptors (Lipinski definition) is 14. The number of ether oxygens (including phenoxy) is 6. The number of hydrogen-bond donors (Lipinski definition) is 2. The maximum atomic E-state index is 15.6. The Morgan fingerprint density at radius 1 is 1.00 bits per heavy atom. The van der Waals surface area contributed by atoms with E-state index in [2.05, 4.69) is 5.32 Å². The van der Waals surface area contributed by atoms with Crippen molar-refractivity contribution in [3.63, 3.8) is 0 Å². The molecule has 11 atom stereocenters. The molecule has 0 radical (unpaired) electrons. The summed E-state index contributed by atoms with van der Waals surface area (Å²) in [5, 5.41) is 16.5. The van der Waals surface area contributed by atoms with Crippen molar-refractivity contribution in [2.24, 2.45) is 28.6 Å². The van der Waals surface area contributed by atoms with Crippen molar-refractivity contribution < 1.29 is 66.7 Å². The summed E-state index contributed by atoms with van der Waals surface area (Å²) in [6, 6.07) is 10.3. The Labute approximate surface area is 356 Å². The number of aliphatic hydroxyl groups is 1. The van der Waals surface area contributed by atoms with E-state index in [-0.39, 0.29) is 37.2 Å². The number of ketones is 1. The number of esters is 4. The van der Waals surface area contributed by atoms with Gasteiger partial charge in [0.05, 0.1) is 35.7 Å². The highest BCUT2D eigenvalue weighted by Crippen LogP contribution is 2.65. The molecule has 3 unspecified atom stereocenters. The number of nitrogens with one attached hydrogen (secondary N) is 1. The highest BCUT2D eigenvalue weighted by molar-refractivity contribution is 5.93. The number of Topliss-reactive ketones (excluding diaryl/α,β-unsaturated/α-hetero) is 1. The molecule has 15 heteroatoms. The molecule has 0 spiro atoms. The van der Waals surface area contributed by atoms with Gasteiger partial charge in [0.1, 0.15) is 53.2 Å². The lowest BCUT2D eigenvalue weighted by molar-refractivity contribution is -0.346. The zero-order chi connectivity index (χ0) is 45.0. The van der Waals surface area contributed by atoms with Crippen LogP contribution in [0.5, 0.6) is 0 Å². The molecule has 1 amide bonds. The van der Waals surface area contributed by atoms with Crippen molar-refractivity contribution in [1.82, 2.24) is 5.32 Å². The molecule has 332 valence electrons. The van der Waals surface area contributed by atoms with E-state index in [0.717, 1.165) is 0 Å². The van der Waals surface area contributed by atoms with Crippen molar-refractivity contribution in [3.8, 4) is 0 Å². The summed E-state index contributed by atoms with van der Waals surface area (Å²) >= 11 is 0. The lowest BCUT2D eigenvalue weighted by Crippen LogP contribution is -2.81. The SMILES string of the molecule is CCC(=O)OC1C[C@H]2OC[C@@]2(OC(C)=O)C2C(OC(=O)c3ccccc3)[C@]3(O)C[C@H](OC(=O)[C@H](C)[C@@H](NC(=O)OC(C)(C)C)c4ccco4)C(C)=C([C@@H](C)C(=O)[C@]12C)C3(C)C. The second kappa shape index (κ2) is 16.4. The quantitative estimate of drug-likeness (QED) is 0.152. The van der Waals surface area contributed by atoms with E-state index in [1.807, 2.05) is 0 Å². The van der Waals surface area contributed by atoms with Gasteiger partial charge < -0.3 is 43.3 Å². The minimum Gasteiger partial charge on any atom is -0.467 e. The van der Waals surface area contributed by atoms with Crippen LogP contribution in [0.15, 0.2) is 64.3 Å². The van der Waals surface area contributed by atoms with Gasteiger partial charge in [-0.05, 0) is 77.0 Å². The fourth-order valence-electron chi connectivity index (χ4n) is 10.4. The molecule has 1 aromatic heterocycles. The minimum absolute atomic E-state index is 0.00516. The lowest BCUT2D eigenvalue weighted by Gasteiger charge is -2.67. The average molecular weight is 850 g/mol. The summed E-state index contributed by atoms with van der Waals surface area (Å²) in [5.74, 6) is -6.51. The van der Waals surface area contributed by atoms with Crippen molar-refractivity contribution in [2.45, 2.75) is 143 Å². The zero-order valence-corrected chi connectivity index (χ0v) is 36.8. The van der Waals surface area contributed by atoms with Gasteiger partial charge in [0, 0.05) is 37.5 Å². The summed E-state index contributed by atoms with van der Waals surface area (Å²) in [4.78, 5) is 83.6. The van der Waals surface area contributed by atoms with Gasteiger partial charge in [-0.2, -0.15) is 0 Å². The Bertz CT molecular complexity index is 2070. The second-order valence-electron chi connectivity index (χ2n) is 18.7. The first-order valence-electron chi connectivity index (χ1n) is 20.9. The molecule has 61 heavy (non-hydrogen) atoms. The van der Waals surface area contributed by atoms with Crippen LogP contribution in [-0.4, -0.2) is 88.7 Å². The third-order valence-electron chi connectivity index (χ3n) is 13.4. The molecule has 2 N–H and O–H groups in total. The number of fused-ring (bicyclic) bond motifs is 5. The van der Waals surface area contributed by atoms with E-state index in [1.165, 1.54) is 13.2 Å². The fraction of sp³-hybridized carbons (Fsp3) is 0.609. The van der Waals surface area contributed by atoms with E-state index in [0.29, 0.717) is 11.1 Å². The maximum Gasteiger partial charge on any atom is 0.408 e. The number of carbonyl (C=O) groups is 6. The number of rotatable bonds is 10. The van der Waals surface area contributed by atoms with Gasteiger partial charge in [0.25, 0.3) is 0 Å². The van der Waals surface area contributed by atoms with E-state index >= 15 is 4.79 Å². The van der Waals surface area contributed by atoms with Crippen molar-refractivity contribution in [2.75, 3.05) is 6.61 Å². The Kier molecular flexibility index (Phi) is 12.2. The Morgan fingerprint density at radius 2 is 1.67 bits per heavy atom. The Morgan fingerprint density at radius 3 is 2.23 bits per heavy atom. The van der Waals surface area contributed by atoms with E-state index in [4.69, 9.17) is 32.8 Å². The van der Waals surface area contributed by atoms with Crippen LogP contribution >= 0.6 is 0 Å². The van der Waals surface area contributed by atoms with Gasteiger partial charge in [-0.1, -0.05) is 45.9 Å². The summed E-state index contributed by atoms with van der Waals surface area (Å²) in [5.41, 5.74) is -6.69. The third kappa shape index (κ3) is 7.88. The van der Waals surface area contributed by atoms with Gasteiger partial charge in [0.2, 0.25) is 0 Å². The van der Waals surface area contributed by atoms with Gasteiger partial charge >= 0.3 is 30.0 Å². The van der Waals surface area contributed by atoms with E-state index in [1.54, 1.807) is 112 Å². The topological polar surface area (TPSA) is 203 Å². The largest absolute Gasteiger partial charge is 0.467 e. The molecule has 1 saturated heterocycles. The molecule has 3 fully saturated rings. The summed E-state index contributed by atoms with van der Waals surface area (Å²) < 4.78 is 42.3. The van der Waals surface area contributed by atoms with Gasteiger partial charge in [-0.25, -0.2) is 9.59 Å². The molecule has 4 aliphatic rings. The predicted octanol–water partition coefficient (Wildman–Crippen LogP) is 6.36. The molecule has 2 aromatic rings. The van der Waals surface area contributed by atoms with E-state index < -0.39 is 112 Å². The van der Waals surface area contributed by atoms with Gasteiger partial charge in [0.15, 0.2) is 5.60 Å². The normalized spacial score (nSPS) is 32.6. The maximum absolute atomic E-state index is 15.6. The summed E-state index contributed by atoms with van der Waals surface area (Å²) in [6.07, 6.45) is -4.69. The predicted molar refractivity (Wildman–Crippen MR) is 216 cm³/mol. The van der Waals surface area contributed by atoms with Crippen LogP contribution in [0.4, 0.5) is 4.79 Å². The third-order valence-corrected chi connectivity index (χ3v) is 13.4. The highest BCUT2D eigenvalue weighted by atomic mass is 16.6. The smallest absolute Gasteiger partial charge is 0.408 e. The first kappa shape index (κ1) is 45.5. The second-order valence-corrected chi connectivity index (χ2v) is 18.7. The Hall–Kier alpha value is -5.02. The highest BCUT2D eigenvalue weighted by Gasteiger charge is 2.78. The van der Waals surface area contributed by atoms with Crippen LogP contribution in [0, 0.1) is 28.6 Å². The van der Waals surface area contributed by atoms with Crippen molar-refractivity contribution >= 4 is 35.8 Å². The van der Waals surface area contributed by atoms with Crippen LogP contribution in [0.3, 0.4) is 0 Å². The number of amides is 1. The fourth-order valence-corrected chi connectivity index (χ4v) is 10.4. The minimum atomic E-state index is -2.17. The molecule has 6 rings (SSSR count). The average Bonchev–Trinajstić information content (AvgIpc) is 3.72. The number of alkyl carbamates (subject to hydrolysis) is 1. The van der Waals surface area contributed by atoms with Crippen LogP contribution in [0.2, 0.25) is 0 Å². The molecular weight excluding hydrogens is 790 g/mol. The van der Waals surface area contributed by atoms with Crippen LogP contribution in [0.1, 0.15) is 118 Å². The molecule has 1 aliphatic heterocycles. The molecule has 3 aliphatic carbocycles. The van der Waals surface area contributed by atoms with Gasteiger partial charge in [-0.3, -0.25) is 19.2 Å². The first-order chi connectivity index (χ1) is 28.4. The molecule has 15 nitrogen and oxygen atoms in total. The van der Waals surface area contributed by atoms with Crippen LogP contribution in [-0.2, 0) is 47.6 Å². The number of benzene rings is 1. The standard InChI is InChI=1S/C46H59NO14/c1-12-33(49)58-31-21-32-45(23-56-32,60-27(5)48)36-38(59-40(52)28-17-14-13-15-18-28)46(54)22-30(24(2)34(43(46,9)10)25(3)37(50)44(31,36)11)57-39(51)26(4)35(29-19-16-20-55-29)47-41(53)61-42(6,7)8/h13-20,25-26,30-32,35-36,38,54H,12,21-23H2,1-11H3,(H,47,53)/t25-,26-,30+,31?,32-,35-,36?,38?,44-,45+,46-/m1/s1. The number of carbonyl (C=O) groups excluding carboxylic acids is 6. The molecule has 2 heterocycles. The van der Waals surface area contributed by atoms with Crippen LogP contribution in [0.25, 0.3) is 0 Å². The summed E-state index contributed by atoms with van der Waals surface area (Å²) in [6.45, 7) is 17.8. The zero-order valence-electron chi connectivity index (χ0n) is 36.8. The first-order valence-corrected chi connectivity index (χ1v) is 20.9. The summed E-state index contributed by atoms with van der Waals surface area (Å²) in [7, 11) is 0. The van der Waals surface area contributed by atoms with Crippen molar-refractivity contribution in [1.29, 1.82) is 0 Å². The molecule has 2 saturated carbocycles. The van der Waals surface area contributed by atoms with Crippen molar-refractivity contribution in [3.05, 3.63) is 71.2 Å². The lowest BCUT2D eigenvalue weighted by atomic mass is 9.43. The monoisotopic (exact) mass is 849 g/mol. The van der Waals surface area contributed by atoms with Gasteiger partial charge in [-0.15, -0.1) is 0 Å². The van der Waals surface area contributed by atoms with E-state index in [9.17, 15) is 29.1 Å².